The van der Waals surface area contributed by atoms with Crippen LogP contribution in [-0.4, -0.2) is 22.4 Å². The summed E-state index contributed by atoms with van der Waals surface area (Å²) >= 11 is 0. The summed E-state index contributed by atoms with van der Waals surface area (Å²) in [5.74, 6) is -0.191. The van der Waals surface area contributed by atoms with Crippen LogP contribution < -0.4 is 0 Å². The van der Waals surface area contributed by atoms with Crippen molar-refractivity contribution in [1.29, 1.82) is 0 Å². The maximum Gasteiger partial charge on any atom is 0.209 e. The van der Waals surface area contributed by atoms with Crippen molar-refractivity contribution < 1.29 is 9.53 Å². The van der Waals surface area contributed by atoms with Crippen LogP contribution in [0.15, 0.2) is 24.7 Å². The molecule has 1 rings (SSSR count). The Morgan fingerprint density at radius 2 is 2.21 bits per heavy atom. The van der Waals surface area contributed by atoms with E-state index >= 15 is 0 Å². The lowest BCUT2D eigenvalue weighted by atomic mass is 10.2. The highest BCUT2D eigenvalue weighted by Gasteiger charge is 2.06. The van der Waals surface area contributed by atoms with Crippen molar-refractivity contribution in [1.82, 2.24) is 9.97 Å². The van der Waals surface area contributed by atoms with Gasteiger partial charge in [0.25, 0.3) is 0 Å². The maximum atomic E-state index is 11.5. The van der Waals surface area contributed by atoms with Crippen LogP contribution in [0.5, 0.6) is 0 Å². The molecule has 0 aliphatic heterocycles. The van der Waals surface area contributed by atoms with Crippen molar-refractivity contribution in [2.24, 2.45) is 0 Å². The van der Waals surface area contributed by atoms with E-state index in [2.05, 4.69) is 9.97 Å². The first-order valence-electron chi connectivity index (χ1n) is 4.35. The molecule has 0 aliphatic rings. The molecule has 0 unspecified atom stereocenters. The molecule has 0 aromatic carbocycles. The standard InChI is InChI=1S/C10H12N2O2/c1-3-14-7-4-9(13)10-8(2)11-5-6-12-10/h4-7H,3H2,1-2H3/b7-4+. The fourth-order valence-electron chi connectivity index (χ4n) is 0.935. The Balaban J connectivity index is 2.75. The van der Waals surface area contributed by atoms with Crippen molar-refractivity contribution in [3.05, 3.63) is 36.1 Å². The Morgan fingerprint density at radius 1 is 1.50 bits per heavy atom. The third kappa shape index (κ3) is 2.65. The molecule has 14 heavy (non-hydrogen) atoms. The molecule has 0 N–H and O–H groups in total. The van der Waals surface area contributed by atoms with Gasteiger partial charge in [-0.05, 0) is 13.8 Å². The summed E-state index contributed by atoms with van der Waals surface area (Å²) in [6, 6.07) is 0. The quantitative estimate of drug-likeness (QED) is 0.412. The summed E-state index contributed by atoms with van der Waals surface area (Å²) in [6.07, 6.45) is 5.77. The van der Waals surface area contributed by atoms with Crippen LogP contribution in [0.4, 0.5) is 0 Å². The Bertz CT molecular complexity index is 348. The number of ether oxygens (including phenoxy) is 1. The molecule has 0 amide bonds. The van der Waals surface area contributed by atoms with Crippen molar-refractivity contribution in [3.8, 4) is 0 Å². The molecule has 0 bridgehead atoms. The molecule has 0 fully saturated rings. The van der Waals surface area contributed by atoms with Crippen LogP contribution in [0.25, 0.3) is 0 Å². The third-order valence-corrected chi connectivity index (χ3v) is 1.60. The molecule has 0 spiro atoms. The third-order valence-electron chi connectivity index (χ3n) is 1.60. The van der Waals surface area contributed by atoms with Gasteiger partial charge in [-0.2, -0.15) is 0 Å². The second-order valence-electron chi connectivity index (χ2n) is 2.61. The van der Waals surface area contributed by atoms with Gasteiger partial charge in [0.1, 0.15) is 5.69 Å². The van der Waals surface area contributed by atoms with Gasteiger partial charge >= 0.3 is 0 Å². The fraction of sp³-hybridized carbons (Fsp3) is 0.300. The molecule has 0 atom stereocenters. The van der Waals surface area contributed by atoms with E-state index in [-0.39, 0.29) is 5.78 Å². The summed E-state index contributed by atoms with van der Waals surface area (Å²) in [6.45, 7) is 4.14. The fourth-order valence-corrected chi connectivity index (χ4v) is 0.935. The lowest BCUT2D eigenvalue weighted by molar-refractivity contribution is 0.103. The highest BCUT2D eigenvalue weighted by molar-refractivity contribution is 6.03. The van der Waals surface area contributed by atoms with Gasteiger partial charge in [-0.15, -0.1) is 0 Å². The average molecular weight is 192 g/mol. The molecule has 0 saturated carbocycles. The van der Waals surface area contributed by atoms with Crippen molar-refractivity contribution in [2.75, 3.05) is 6.61 Å². The molecule has 0 saturated heterocycles. The predicted octanol–water partition coefficient (Wildman–Crippen LogP) is 1.52. The average Bonchev–Trinajstić information content (AvgIpc) is 2.18. The number of allylic oxidation sites excluding steroid dienone is 1. The monoisotopic (exact) mass is 192 g/mol. The van der Waals surface area contributed by atoms with Gasteiger partial charge in [-0.1, -0.05) is 0 Å². The second kappa shape index (κ2) is 5.11. The molecule has 0 aliphatic carbocycles. The SMILES string of the molecule is CCO/C=C/C(=O)c1nccnc1C. The summed E-state index contributed by atoms with van der Waals surface area (Å²) in [5.41, 5.74) is 0.988. The van der Waals surface area contributed by atoms with Crippen LogP contribution in [0.2, 0.25) is 0 Å². The van der Waals surface area contributed by atoms with Gasteiger partial charge in [-0.25, -0.2) is 4.98 Å². The number of carbonyl (C=O) groups excluding carboxylic acids is 1. The number of carbonyl (C=O) groups is 1. The molecule has 0 radical (unpaired) electrons. The first-order valence-corrected chi connectivity index (χ1v) is 4.35. The van der Waals surface area contributed by atoms with Gasteiger partial charge in [0.2, 0.25) is 5.78 Å². The number of aryl methyl sites for hydroxylation is 1. The van der Waals surface area contributed by atoms with Crippen molar-refractivity contribution in [2.45, 2.75) is 13.8 Å². The molecule has 1 aromatic heterocycles. The van der Waals surface area contributed by atoms with E-state index in [9.17, 15) is 4.79 Å². The number of nitrogens with zero attached hydrogens (tertiary/aromatic N) is 2. The Morgan fingerprint density at radius 3 is 2.86 bits per heavy atom. The first kappa shape index (κ1) is 10.4. The zero-order chi connectivity index (χ0) is 10.4. The summed E-state index contributed by atoms with van der Waals surface area (Å²) in [4.78, 5) is 19.4. The van der Waals surface area contributed by atoms with Crippen LogP contribution in [0.3, 0.4) is 0 Å². The minimum atomic E-state index is -0.191. The molecule has 1 heterocycles. The van der Waals surface area contributed by atoms with Crippen LogP contribution >= 0.6 is 0 Å². The maximum absolute atomic E-state index is 11.5. The summed E-state index contributed by atoms with van der Waals surface area (Å²) in [5, 5.41) is 0. The van der Waals surface area contributed by atoms with Gasteiger partial charge in [0.05, 0.1) is 18.6 Å². The summed E-state index contributed by atoms with van der Waals surface area (Å²) < 4.78 is 4.92. The Hall–Kier alpha value is -1.71. The molecule has 74 valence electrons. The van der Waals surface area contributed by atoms with E-state index in [0.717, 1.165) is 0 Å². The van der Waals surface area contributed by atoms with Crippen LogP contribution in [0, 0.1) is 6.92 Å². The van der Waals surface area contributed by atoms with E-state index in [1.165, 1.54) is 18.5 Å². The smallest absolute Gasteiger partial charge is 0.209 e. The highest BCUT2D eigenvalue weighted by atomic mass is 16.5. The van der Waals surface area contributed by atoms with E-state index in [0.29, 0.717) is 18.0 Å². The molecular weight excluding hydrogens is 180 g/mol. The highest BCUT2D eigenvalue weighted by Crippen LogP contribution is 2.01. The predicted molar refractivity (Wildman–Crippen MR) is 51.9 cm³/mol. The van der Waals surface area contributed by atoms with E-state index in [1.807, 2.05) is 6.92 Å². The zero-order valence-electron chi connectivity index (χ0n) is 8.23. The largest absolute Gasteiger partial charge is 0.501 e. The molecule has 4 nitrogen and oxygen atoms in total. The summed E-state index contributed by atoms with van der Waals surface area (Å²) in [7, 11) is 0. The molecular formula is C10H12N2O2. The topological polar surface area (TPSA) is 52.1 Å². The van der Waals surface area contributed by atoms with Gasteiger partial charge in [0, 0.05) is 18.5 Å². The van der Waals surface area contributed by atoms with E-state index < -0.39 is 0 Å². The minimum Gasteiger partial charge on any atom is -0.501 e. The van der Waals surface area contributed by atoms with Gasteiger partial charge in [0.15, 0.2) is 0 Å². The number of rotatable bonds is 4. The molecule has 1 aromatic rings. The van der Waals surface area contributed by atoms with E-state index in [4.69, 9.17) is 4.74 Å². The Kier molecular flexibility index (Phi) is 3.79. The van der Waals surface area contributed by atoms with Crippen LogP contribution in [-0.2, 0) is 4.74 Å². The lowest BCUT2D eigenvalue weighted by Gasteiger charge is -1.97. The zero-order valence-corrected chi connectivity index (χ0v) is 8.23. The normalized spacial score (nSPS) is 10.4. The van der Waals surface area contributed by atoms with Gasteiger partial charge < -0.3 is 4.74 Å². The van der Waals surface area contributed by atoms with Crippen molar-refractivity contribution >= 4 is 5.78 Å². The second-order valence-corrected chi connectivity index (χ2v) is 2.61. The Labute approximate surface area is 82.6 Å². The first-order chi connectivity index (χ1) is 6.75. The number of hydrogen-bond donors (Lipinski definition) is 0. The number of hydrogen-bond acceptors (Lipinski definition) is 4. The lowest BCUT2D eigenvalue weighted by Crippen LogP contribution is -2.03. The van der Waals surface area contributed by atoms with E-state index in [1.54, 1.807) is 13.1 Å². The van der Waals surface area contributed by atoms with Crippen LogP contribution in [0.1, 0.15) is 23.1 Å². The number of ketones is 1. The molecule has 4 heteroatoms. The minimum absolute atomic E-state index is 0.191. The van der Waals surface area contributed by atoms with Gasteiger partial charge in [-0.3, -0.25) is 9.78 Å². The number of aromatic nitrogens is 2. The van der Waals surface area contributed by atoms with Crippen molar-refractivity contribution in [3.63, 3.8) is 0 Å².